The lowest BCUT2D eigenvalue weighted by Gasteiger charge is -1.59. The van der Waals surface area contributed by atoms with E-state index in [4.69, 9.17) is 0 Å². The molecule has 38 valence electrons. The van der Waals surface area contributed by atoms with E-state index in [0.717, 1.165) is 0 Å². The van der Waals surface area contributed by atoms with E-state index in [9.17, 15) is 0 Å². The lowest BCUT2D eigenvalue weighted by Crippen LogP contribution is -1.37. The van der Waals surface area contributed by atoms with Gasteiger partial charge in [0.1, 0.15) is 0 Å². The van der Waals surface area contributed by atoms with E-state index < -0.39 is 0 Å². The first kappa shape index (κ1) is 6.99. The zero-order chi connectivity index (χ0) is 5.54. The number of hydrogen-bond donors (Lipinski definition) is 0. The van der Waals surface area contributed by atoms with Gasteiger partial charge >= 0.3 is 0 Å². The summed E-state index contributed by atoms with van der Waals surface area (Å²) in [7, 11) is 0. The Kier molecular flexibility index (Phi) is 5.98. The van der Waals surface area contributed by atoms with Crippen LogP contribution in [0.4, 0.5) is 0 Å². The van der Waals surface area contributed by atoms with Crippen molar-refractivity contribution in [3.8, 4) is 0 Å². The molecule has 0 aliphatic carbocycles. The molecule has 0 saturated heterocycles. The van der Waals surface area contributed by atoms with Gasteiger partial charge in [0.25, 0.3) is 0 Å². The molecule has 0 unspecified atom stereocenters. The molecule has 0 saturated carbocycles. The predicted molar refractivity (Wildman–Crippen MR) is 41.5 cm³/mol. The van der Waals surface area contributed by atoms with Crippen molar-refractivity contribution >= 4 is 22.6 Å². The van der Waals surface area contributed by atoms with Crippen molar-refractivity contribution in [1.29, 1.82) is 0 Å². The van der Waals surface area contributed by atoms with Crippen molar-refractivity contribution in [2.24, 2.45) is 0 Å². The van der Waals surface area contributed by atoms with E-state index in [-0.39, 0.29) is 0 Å². The molecule has 0 N–H and O–H groups in total. The summed E-state index contributed by atoms with van der Waals surface area (Å²) in [5.41, 5.74) is 2.90. The third-order valence-corrected chi connectivity index (χ3v) is 0.807. The number of halogens is 1. The van der Waals surface area contributed by atoms with Gasteiger partial charge in [-0.2, -0.15) is 0 Å². The fourth-order valence-electron chi connectivity index (χ4n) is 0.188. The van der Waals surface area contributed by atoms with Gasteiger partial charge in [0.15, 0.2) is 0 Å². The van der Waals surface area contributed by atoms with Crippen molar-refractivity contribution in [1.82, 2.24) is 0 Å². The smallest absolute Gasteiger partial charge is 0.0187 e. The van der Waals surface area contributed by atoms with Gasteiger partial charge in [0.05, 0.1) is 0 Å². The van der Waals surface area contributed by atoms with Gasteiger partial charge in [-0.15, -0.1) is 5.73 Å². The third kappa shape index (κ3) is 5.99. The minimum Gasteiger partial charge on any atom is -0.114 e. The first-order valence-electron chi connectivity index (χ1n) is 2.04. The zero-order valence-electron chi connectivity index (χ0n) is 4.19. The van der Waals surface area contributed by atoms with E-state index in [2.05, 4.69) is 28.3 Å². The predicted octanol–water partition coefficient (Wildman–Crippen LogP) is 2.67. The summed E-state index contributed by atoms with van der Waals surface area (Å²) >= 11 is 2.13. The van der Waals surface area contributed by atoms with Crippen LogP contribution in [0.3, 0.4) is 0 Å². The molecule has 0 aliphatic heterocycles. The first-order valence-corrected chi connectivity index (χ1v) is 3.29. The highest BCUT2D eigenvalue weighted by Gasteiger charge is 1.49. The van der Waals surface area contributed by atoms with Crippen LogP contribution in [-0.4, -0.2) is 0 Å². The summed E-state index contributed by atoms with van der Waals surface area (Å²) in [6.45, 7) is 1.98. The largest absolute Gasteiger partial charge is 0.114 e. The monoisotopic (exact) mass is 206 g/mol. The Balaban J connectivity index is 3.48. The second-order valence-corrected chi connectivity index (χ2v) is 1.59. The molecule has 0 fully saturated rings. The maximum Gasteiger partial charge on any atom is 0.0187 e. The molecule has 0 spiro atoms. The maximum atomic E-state index is 2.90. The minimum absolute atomic E-state index is 1.84. The number of allylic oxidation sites excluding steroid dienone is 3. The van der Waals surface area contributed by atoms with E-state index >= 15 is 0 Å². The Hall–Kier alpha value is -0.0100. The van der Waals surface area contributed by atoms with Crippen LogP contribution in [0.5, 0.6) is 0 Å². The zero-order valence-corrected chi connectivity index (χ0v) is 6.34. The highest BCUT2D eigenvalue weighted by Crippen LogP contribution is 1.79. The molecule has 0 rings (SSSR count). The lowest BCUT2D eigenvalue weighted by atomic mass is 10.5. The molecular weight excluding hydrogens is 199 g/mol. The van der Waals surface area contributed by atoms with Gasteiger partial charge in [0.2, 0.25) is 0 Å². The average Bonchev–Trinajstić information content (AvgIpc) is 1.69. The van der Waals surface area contributed by atoms with Crippen molar-refractivity contribution in [2.75, 3.05) is 0 Å². The summed E-state index contributed by atoms with van der Waals surface area (Å²) < 4.78 is 1.84. The summed E-state index contributed by atoms with van der Waals surface area (Å²) in [6, 6.07) is 0. The van der Waals surface area contributed by atoms with Crippen LogP contribution in [0.25, 0.3) is 0 Å². The average molecular weight is 206 g/mol. The summed E-state index contributed by atoms with van der Waals surface area (Å²) in [6.07, 6.45) is 5.77. The number of hydrogen-bond acceptors (Lipinski definition) is 0. The summed E-state index contributed by atoms with van der Waals surface area (Å²) in [4.78, 5) is 0. The first-order chi connectivity index (χ1) is 3.41. The van der Waals surface area contributed by atoms with Gasteiger partial charge in [-0.25, -0.2) is 0 Å². The Morgan fingerprint density at radius 1 is 1.57 bits per heavy atom. The highest BCUT2D eigenvalue weighted by atomic mass is 127. The minimum atomic E-state index is 1.84. The quantitative estimate of drug-likeness (QED) is 0.351. The van der Waals surface area contributed by atoms with Crippen LogP contribution in [0.1, 0.15) is 6.92 Å². The Bertz CT molecular complexity index is 105. The molecule has 0 aliphatic rings. The van der Waals surface area contributed by atoms with Crippen molar-refractivity contribution in [2.45, 2.75) is 6.92 Å². The van der Waals surface area contributed by atoms with Crippen molar-refractivity contribution < 1.29 is 0 Å². The van der Waals surface area contributed by atoms with Crippen molar-refractivity contribution in [3.05, 3.63) is 28.0 Å². The Morgan fingerprint density at radius 2 is 2.29 bits per heavy atom. The van der Waals surface area contributed by atoms with Crippen LogP contribution < -0.4 is 0 Å². The summed E-state index contributed by atoms with van der Waals surface area (Å²) in [5, 5.41) is 0. The molecule has 0 amide bonds. The van der Waals surface area contributed by atoms with Gasteiger partial charge in [-0.3, -0.25) is 0 Å². The molecule has 1 heteroatoms. The highest BCUT2D eigenvalue weighted by molar-refractivity contribution is 14.1. The Morgan fingerprint density at radius 3 is 2.71 bits per heavy atom. The van der Waals surface area contributed by atoms with E-state index in [1.54, 1.807) is 0 Å². The molecule has 0 nitrogen and oxygen atoms in total. The SMILES string of the molecule is CC=CC=C=CI. The van der Waals surface area contributed by atoms with Crippen LogP contribution >= 0.6 is 22.6 Å². The molecule has 0 radical (unpaired) electrons. The molecule has 0 aromatic rings. The molecule has 0 bridgehead atoms. The topological polar surface area (TPSA) is 0 Å². The summed E-state index contributed by atoms with van der Waals surface area (Å²) in [5.74, 6) is 0. The normalized spacial score (nSPS) is 8.29. The van der Waals surface area contributed by atoms with Gasteiger partial charge in [0, 0.05) is 4.08 Å². The fourth-order valence-corrected chi connectivity index (χ4v) is 0.396. The van der Waals surface area contributed by atoms with Crippen molar-refractivity contribution in [3.63, 3.8) is 0 Å². The second kappa shape index (κ2) is 5.99. The lowest BCUT2D eigenvalue weighted by molar-refractivity contribution is 1.74. The van der Waals surface area contributed by atoms with Crippen LogP contribution in [0, 0.1) is 0 Å². The van der Waals surface area contributed by atoms with Crippen LogP contribution in [0.15, 0.2) is 28.0 Å². The van der Waals surface area contributed by atoms with E-state index in [1.807, 2.05) is 29.2 Å². The molecule has 0 heterocycles. The fraction of sp³-hybridized carbons (Fsp3) is 0.167. The van der Waals surface area contributed by atoms with Gasteiger partial charge in [-0.05, 0) is 35.6 Å². The number of rotatable bonds is 1. The molecule has 0 aromatic carbocycles. The standard InChI is InChI=1S/C6H7I/c1-2-3-4-5-6-7/h2-4,6H,1H3. The van der Waals surface area contributed by atoms with E-state index in [0.29, 0.717) is 0 Å². The molecular formula is C6H7I. The van der Waals surface area contributed by atoms with E-state index in [1.165, 1.54) is 0 Å². The Labute approximate surface area is 57.8 Å². The molecule has 0 aromatic heterocycles. The van der Waals surface area contributed by atoms with Crippen LogP contribution in [0.2, 0.25) is 0 Å². The van der Waals surface area contributed by atoms with Gasteiger partial charge in [-0.1, -0.05) is 12.2 Å². The third-order valence-electron chi connectivity index (χ3n) is 0.448. The van der Waals surface area contributed by atoms with Crippen LogP contribution in [-0.2, 0) is 0 Å². The second-order valence-electron chi connectivity index (χ2n) is 0.968. The maximum absolute atomic E-state index is 2.90. The molecule has 0 atom stereocenters. The molecule has 7 heavy (non-hydrogen) atoms. The van der Waals surface area contributed by atoms with Gasteiger partial charge < -0.3 is 0 Å².